The molecule has 0 aliphatic rings. The summed E-state index contributed by atoms with van der Waals surface area (Å²) in [5.41, 5.74) is 1.16. The molecule has 94 valence electrons. The lowest BCUT2D eigenvalue weighted by atomic mass is 10.2. The van der Waals surface area contributed by atoms with Crippen molar-refractivity contribution in [1.82, 2.24) is 0 Å². The van der Waals surface area contributed by atoms with Gasteiger partial charge in [-0.3, -0.25) is 10.1 Å². The minimum absolute atomic E-state index is 0.0296. The van der Waals surface area contributed by atoms with E-state index in [-0.39, 0.29) is 18.0 Å². The lowest BCUT2D eigenvalue weighted by molar-refractivity contribution is -0.385. The van der Waals surface area contributed by atoms with Gasteiger partial charge in [0.1, 0.15) is 0 Å². The Morgan fingerprint density at radius 3 is 2.59 bits per heavy atom. The van der Waals surface area contributed by atoms with Crippen molar-refractivity contribution >= 4 is 21.4 Å². The molecular formula is C9H13N3O4S. The number of nitrogens with one attached hydrogen (secondary N) is 1. The first-order chi connectivity index (χ1) is 7.79. The van der Waals surface area contributed by atoms with Crippen molar-refractivity contribution in [3.63, 3.8) is 0 Å². The maximum atomic E-state index is 10.7. The number of benzene rings is 1. The largest absolute Gasteiger partial charge is 0.384 e. The van der Waals surface area contributed by atoms with E-state index in [9.17, 15) is 18.5 Å². The van der Waals surface area contributed by atoms with E-state index in [2.05, 4.69) is 5.32 Å². The molecule has 0 aliphatic heterocycles. The maximum absolute atomic E-state index is 10.7. The van der Waals surface area contributed by atoms with Crippen molar-refractivity contribution in [2.24, 2.45) is 5.14 Å². The highest BCUT2D eigenvalue weighted by Crippen LogP contribution is 2.21. The Bertz CT molecular complexity index is 527. The molecule has 1 aromatic carbocycles. The number of nitro benzene ring substituents is 1. The third-order valence-corrected chi connectivity index (χ3v) is 2.88. The van der Waals surface area contributed by atoms with Gasteiger partial charge in [-0.05, 0) is 19.1 Å². The summed E-state index contributed by atoms with van der Waals surface area (Å²) in [7, 11) is -3.50. The molecule has 0 saturated carbocycles. The monoisotopic (exact) mass is 259 g/mol. The lowest BCUT2D eigenvalue weighted by Crippen LogP contribution is -2.22. The minimum Gasteiger partial charge on any atom is -0.384 e. The molecule has 0 amide bonds. The Morgan fingerprint density at radius 2 is 2.12 bits per heavy atom. The summed E-state index contributed by atoms with van der Waals surface area (Å²) in [5, 5.41) is 18.2. The molecule has 1 rings (SSSR count). The number of hydrogen-bond donors (Lipinski definition) is 2. The van der Waals surface area contributed by atoms with Gasteiger partial charge in [0.15, 0.2) is 0 Å². The van der Waals surface area contributed by atoms with Crippen LogP contribution < -0.4 is 10.5 Å². The summed E-state index contributed by atoms with van der Waals surface area (Å²) in [6.45, 7) is 1.78. The second kappa shape index (κ2) is 5.11. The molecule has 0 radical (unpaired) electrons. The first-order valence-electron chi connectivity index (χ1n) is 4.79. The van der Waals surface area contributed by atoms with Crippen LogP contribution in [0.25, 0.3) is 0 Å². The van der Waals surface area contributed by atoms with Gasteiger partial charge >= 0.3 is 0 Å². The number of rotatable bonds is 5. The standard InChI is InChI=1S/C9H13N3O4S/c1-7-6-8(2-3-9(7)12(13)14)11-4-5-17(10,15)16/h2-3,6,11H,4-5H2,1H3,(H2,10,15,16). The summed E-state index contributed by atoms with van der Waals surface area (Å²) in [5.74, 6) is -0.191. The average molecular weight is 259 g/mol. The second-order valence-corrected chi connectivity index (χ2v) is 5.29. The Hall–Kier alpha value is -1.67. The molecule has 0 atom stereocenters. The Morgan fingerprint density at radius 1 is 1.47 bits per heavy atom. The number of primary sulfonamides is 1. The SMILES string of the molecule is Cc1cc(NCCS(N)(=O)=O)ccc1[N+](=O)[O-]. The fraction of sp³-hybridized carbons (Fsp3) is 0.333. The minimum atomic E-state index is -3.50. The third kappa shape index (κ3) is 4.37. The van der Waals surface area contributed by atoms with Crippen molar-refractivity contribution < 1.29 is 13.3 Å². The Kier molecular flexibility index (Phi) is 4.02. The van der Waals surface area contributed by atoms with E-state index in [1.807, 2.05) is 0 Å². The molecule has 0 saturated heterocycles. The third-order valence-electron chi connectivity index (χ3n) is 2.11. The zero-order valence-electron chi connectivity index (χ0n) is 9.21. The Balaban J connectivity index is 2.68. The van der Waals surface area contributed by atoms with E-state index in [1.165, 1.54) is 12.1 Å². The number of nitrogens with zero attached hydrogens (tertiary/aromatic N) is 1. The van der Waals surface area contributed by atoms with Crippen LogP contribution in [-0.4, -0.2) is 25.6 Å². The topological polar surface area (TPSA) is 115 Å². The smallest absolute Gasteiger partial charge is 0.272 e. The van der Waals surface area contributed by atoms with Crippen LogP contribution in [0, 0.1) is 17.0 Å². The normalized spacial score (nSPS) is 11.2. The quantitative estimate of drug-likeness (QED) is 0.593. The van der Waals surface area contributed by atoms with Gasteiger partial charge in [-0.1, -0.05) is 0 Å². The van der Waals surface area contributed by atoms with Gasteiger partial charge in [-0.15, -0.1) is 0 Å². The molecule has 17 heavy (non-hydrogen) atoms. The van der Waals surface area contributed by atoms with Gasteiger partial charge in [0.25, 0.3) is 5.69 Å². The first-order valence-corrected chi connectivity index (χ1v) is 6.50. The highest BCUT2D eigenvalue weighted by Gasteiger charge is 2.10. The zero-order chi connectivity index (χ0) is 13.1. The second-order valence-electron chi connectivity index (χ2n) is 3.55. The zero-order valence-corrected chi connectivity index (χ0v) is 10.0. The fourth-order valence-corrected chi connectivity index (χ4v) is 1.69. The predicted octanol–water partition coefficient (Wildman–Crippen LogP) is 0.604. The van der Waals surface area contributed by atoms with Crippen LogP contribution in [0.3, 0.4) is 0 Å². The summed E-state index contributed by atoms with van der Waals surface area (Å²) in [6, 6.07) is 4.48. The van der Waals surface area contributed by atoms with Crippen LogP contribution in [0.15, 0.2) is 18.2 Å². The highest BCUT2D eigenvalue weighted by atomic mass is 32.2. The molecule has 1 aromatic rings. The van der Waals surface area contributed by atoms with Crippen molar-refractivity contribution in [2.45, 2.75) is 6.92 Å². The van der Waals surface area contributed by atoms with Crippen molar-refractivity contribution in [3.8, 4) is 0 Å². The number of sulfonamides is 1. The van der Waals surface area contributed by atoms with Crippen LogP contribution >= 0.6 is 0 Å². The highest BCUT2D eigenvalue weighted by molar-refractivity contribution is 7.89. The van der Waals surface area contributed by atoms with E-state index in [4.69, 9.17) is 5.14 Å². The number of aryl methyl sites for hydroxylation is 1. The van der Waals surface area contributed by atoms with E-state index >= 15 is 0 Å². The van der Waals surface area contributed by atoms with Crippen LogP contribution in [0.5, 0.6) is 0 Å². The number of anilines is 1. The molecule has 7 nitrogen and oxygen atoms in total. The summed E-state index contributed by atoms with van der Waals surface area (Å²) >= 11 is 0. The van der Waals surface area contributed by atoms with Gasteiger partial charge in [0.2, 0.25) is 10.0 Å². The van der Waals surface area contributed by atoms with E-state index < -0.39 is 14.9 Å². The molecule has 0 fully saturated rings. The van der Waals surface area contributed by atoms with Gasteiger partial charge in [0, 0.05) is 23.9 Å². The van der Waals surface area contributed by atoms with Gasteiger partial charge in [0.05, 0.1) is 10.7 Å². The predicted molar refractivity (Wildman–Crippen MR) is 64.3 cm³/mol. The molecule has 0 aliphatic carbocycles. The van der Waals surface area contributed by atoms with Crippen LogP contribution in [0.2, 0.25) is 0 Å². The average Bonchev–Trinajstić information content (AvgIpc) is 2.15. The fourth-order valence-electron chi connectivity index (χ4n) is 1.31. The van der Waals surface area contributed by atoms with Crippen molar-refractivity contribution in [3.05, 3.63) is 33.9 Å². The van der Waals surface area contributed by atoms with Crippen molar-refractivity contribution in [1.29, 1.82) is 0 Å². The molecule has 0 heterocycles. The van der Waals surface area contributed by atoms with Crippen LogP contribution in [-0.2, 0) is 10.0 Å². The number of nitro groups is 1. The summed E-state index contributed by atoms with van der Waals surface area (Å²) in [4.78, 5) is 10.1. The van der Waals surface area contributed by atoms with E-state index in [0.29, 0.717) is 11.3 Å². The molecule has 0 unspecified atom stereocenters. The van der Waals surface area contributed by atoms with E-state index in [1.54, 1.807) is 13.0 Å². The molecule has 8 heteroatoms. The molecule has 0 bridgehead atoms. The molecule has 3 N–H and O–H groups in total. The first kappa shape index (κ1) is 13.4. The summed E-state index contributed by atoms with van der Waals surface area (Å²) < 4.78 is 21.4. The summed E-state index contributed by atoms with van der Waals surface area (Å²) in [6.07, 6.45) is 0. The number of hydrogen-bond acceptors (Lipinski definition) is 5. The van der Waals surface area contributed by atoms with Crippen LogP contribution in [0.1, 0.15) is 5.56 Å². The maximum Gasteiger partial charge on any atom is 0.272 e. The number of nitrogens with two attached hydrogens (primary N) is 1. The Labute approximate surface area is 98.8 Å². The van der Waals surface area contributed by atoms with Gasteiger partial charge < -0.3 is 5.32 Å². The van der Waals surface area contributed by atoms with E-state index in [0.717, 1.165) is 0 Å². The molecule has 0 aromatic heterocycles. The van der Waals surface area contributed by atoms with Crippen LogP contribution in [0.4, 0.5) is 11.4 Å². The molecular weight excluding hydrogens is 246 g/mol. The molecule has 0 spiro atoms. The van der Waals surface area contributed by atoms with Gasteiger partial charge in [-0.25, -0.2) is 13.6 Å². The lowest BCUT2D eigenvalue weighted by Gasteiger charge is -2.06. The van der Waals surface area contributed by atoms with Gasteiger partial charge in [-0.2, -0.15) is 0 Å². The van der Waals surface area contributed by atoms with Crippen molar-refractivity contribution in [2.75, 3.05) is 17.6 Å².